The molecule has 1 N–H and O–H groups in total. The van der Waals surface area contributed by atoms with Crippen molar-refractivity contribution < 1.29 is 37.1 Å². The minimum Gasteiger partial charge on any atom is -0.376 e. The van der Waals surface area contributed by atoms with Crippen molar-refractivity contribution >= 4 is 29.0 Å². The van der Waals surface area contributed by atoms with Crippen LogP contribution in [0, 0.1) is 5.82 Å². The summed E-state index contributed by atoms with van der Waals surface area (Å²) in [5.41, 5.74) is -0.129. The third kappa shape index (κ3) is 4.28. The van der Waals surface area contributed by atoms with Crippen LogP contribution in [0.15, 0.2) is 36.4 Å². The number of piperazine rings is 1. The molecule has 11 heteroatoms. The Kier molecular flexibility index (Phi) is 6.17. The smallest absolute Gasteiger partial charge is 0.376 e. The molecule has 34 heavy (non-hydrogen) atoms. The molecule has 0 radical (unpaired) electrons. The number of anilines is 2. The lowest BCUT2D eigenvalue weighted by atomic mass is 9.96. The number of aliphatic hydroxyl groups excluding tert-OH is 1. The van der Waals surface area contributed by atoms with Gasteiger partial charge in [-0.3, -0.25) is 19.3 Å². The Hall–Kier alpha value is -3.31. The number of rotatable bonds is 4. The Balaban J connectivity index is 1.49. The summed E-state index contributed by atoms with van der Waals surface area (Å²) in [6.07, 6.45) is -6.44. The lowest BCUT2D eigenvalue weighted by Crippen LogP contribution is -2.50. The van der Waals surface area contributed by atoms with Crippen LogP contribution in [0.5, 0.6) is 0 Å². The second-order valence-corrected chi connectivity index (χ2v) is 8.11. The van der Waals surface area contributed by atoms with Crippen molar-refractivity contribution in [2.24, 2.45) is 0 Å². The van der Waals surface area contributed by atoms with Crippen LogP contribution in [0.2, 0.25) is 0 Å². The van der Waals surface area contributed by atoms with Crippen molar-refractivity contribution in [2.75, 3.05) is 36.0 Å². The summed E-state index contributed by atoms with van der Waals surface area (Å²) in [6.45, 7) is 2.35. The maximum absolute atomic E-state index is 14.2. The first-order valence-corrected chi connectivity index (χ1v) is 10.6. The van der Waals surface area contributed by atoms with Gasteiger partial charge in [0.2, 0.25) is 11.7 Å². The molecule has 2 aliphatic heterocycles. The van der Waals surface area contributed by atoms with Gasteiger partial charge in [0.1, 0.15) is 5.82 Å². The van der Waals surface area contributed by atoms with Crippen LogP contribution in [0.25, 0.3) is 0 Å². The highest BCUT2D eigenvalue weighted by Gasteiger charge is 2.38. The number of halogens is 4. The number of alkyl halides is 3. The molecule has 0 spiro atoms. The van der Waals surface area contributed by atoms with Gasteiger partial charge >= 0.3 is 6.18 Å². The molecule has 2 aliphatic rings. The van der Waals surface area contributed by atoms with Crippen molar-refractivity contribution in [3.63, 3.8) is 0 Å². The summed E-state index contributed by atoms with van der Waals surface area (Å²) in [6, 6.07) is 6.92. The van der Waals surface area contributed by atoms with E-state index in [2.05, 4.69) is 0 Å². The van der Waals surface area contributed by atoms with Gasteiger partial charge in [0.05, 0.1) is 17.8 Å². The molecule has 1 unspecified atom stereocenters. The summed E-state index contributed by atoms with van der Waals surface area (Å²) in [5, 5.41) is 9.99. The zero-order valence-corrected chi connectivity index (χ0v) is 18.1. The predicted octanol–water partition coefficient (Wildman–Crippen LogP) is 2.60. The Labute approximate surface area is 192 Å². The van der Waals surface area contributed by atoms with Gasteiger partial charge in [0.15, 0.2) is 6.10 Å². The average Bonchev–Trinajstić information content (AvgIpc) is 2.78. The number of fused-ring (bicyclic) bond motifs is 1. The number of hydrogen-bond acceptors (Lipinski definition) is 5. The van der Waals surface area contributed by atoms with E-state index in [-0.39, 0.29) is 43.2 Å². The van der Waals surface area contributed by atoms with E-state index in [9.17, 15) is 37.1 Å². The van der Waals surface area contributed by atoms with Crippen LogP contribution in [0.3, 0.4) is 0 Å². The summed E-state index contributed by atoms with van der Waals surface area (Å²) in [4.78, 5) is 41.8. The molecule has 2 aromatic rings. The Morgan fingerprint density at radius 1 is 1.06 bits per heavy atom. The van der Waals surface area contributed by atoms with Gasteiger partial charge in [-0.25, -0.2) is 4.39 Å². The molecule has 2 aromatic carbocycles. The van der Waals surface area contributed by atoms with Gasteiger partial charge in [-0.05, 0) is 37.3 Å². The summed E-state index contributed by atoms with van der Waals surface area (Å²) >= 11 is 0. The first kappa shape index (κ1) is 23.8. The molecule has 2 heterocycles. The topological polar surface area (TPSA) is 81.2 Å². The van der Waals surface area contributed by atoms with Crippen LogP contribution < -0.4 is 9.80 Å². The lowest BCUT2D eigenvalue weighted by Gasteiger charge is -2.36. The fourth-order valence-electron chi connectivity index (χ4n) is 4.20. The Bertz CT molecular complexity index is 1170. The molecular weight excluding hydrogens is 458 g/mol. The van der Waals surface area contributed by atoms with E-state index in [4.69, 9.17) is 0 Å². The number of nitrogens with zero attached hydrogens (tertiary/aromatic N) is 3. The minimum atomic E-state index is -4.64. The van der Waals surface area contributed by atoms with E-state index in [1.54, 1.807) is 24.0 Å². The molecule has 0 aliphatic carbocycles. The van der Waals surface area contributed by atoms with Gasteiger partial charge in [-0.1, -0.05) is 6.07 Å². The fraction of sp³-hybridized carbons (Fsp3) is 0.348. The average molecular weight is 479 g/mol. The predicted molar refractivity (Wildman–Crippen MR) is 114 cm³/mol. The zero-order valence-electron chi connectivity index (χ0n) is 18.1. The number of benzene rings is 2. The van der Waals surface area contributed by atoms with E-state index in [1.165, 1.54) is 15.9 Å². The molecule has 1 fully saturated rings. The lowest BCUT2D eigenvalue weighted by molar-refractivity contribution is -0.137. The number of likely N-dealkylation sites (N-methyl/N-ethyl adjacent to an activating group) is 1. The highest BCUT2D eigenvalue weighted by Crippen LogP contribution is 2.33. The van der Waals surface area contributed by atoms with Crippen molar-refractivity contribution in [3.05, 3.63) is 58.9 Å². The van der Waals surface area contributed by atoms with E-state index in [1.807, 2.05) is 0 Å². The van der Waals surface area contributed by atoms with E-state index >= 15 is 0 Å². The zero-order chi connectivity index (χ0) is 24.8. The quantitative estimate of drug-likeness (QED) is 0.539. The Morgan fingerprint density at radius 2 is 1.79 bits per heavy atom. The second kappa shape index (κ2) is 8.80. The summed E-state index contributed by atoms with van der Waals surface area (Å²) in [7, 11) is 0. The Morgan fingerprint density at radius 3 is 2.41 bits per heavy atom. The molecule has 0 bridgehead atoms. The summed E-state index contributed by atoms with van der Waals surface area (Å²) in [5.74, 6) is -2.78. The molecule has 0 aromatic heterocycles. The summed E-state index contributed by atoms with van der Waals surface area (Å²) < 4.78 is 52.4. The second-order valence-electron chi connectivity index (χ2n) is 8.11. The largest absolute Gasteiger partial charge is 0.416 e. The number of aliphatic hydroxyl groups is 1. The third-order valence-electron chi connectivity index (χ3n) is 5.99. The van der Waals surface area contributed by atoms with Gasteiger partial charge in [-0.2, -0.15) is 13.2 Å². The van der Waals surface area contributed by atoms with Gasteiger partial charge < -0.3 is 14.9 Å². The molecule has 180 valence electrons. The first-order valence-electron chi connectivity index (χ1n) is 10.6. The number of hydrogen-bond donors (Lipinski definition) is 1. The monoisotopic (exact) mass is 479 g/mol. The number of ketones is 1. The van der Waals surface area contributed by atoms with Gasteiger partial charge in [-0.15, -0.1) is 0 Å². The third-order valence-corrected chi connectivity index (χ3v) is 5.99. The standard InChI is InChI=1S/C23H21F4N3O4/c1-2-29-18-6-5-15(10-16(18)20(32)21(33)22(29)34)30-8-7-28(12-19(30)31)11-13-3-4-14(9-17(13)24)23(25,26)27/h3-6,9-10,21,33H,2,7-8,11-12H2,1H3. The van der Waals surface area contributed by atoms with Crippen LogP contribution in [-0.4, -0.2) is 59.9 Å². The van der Waals surface area contributed by atoms with E-state index in [0.29, 0.717) is 24.0 Å². The van der Waals surface area contributed by atoms with Crippen molar-refractivity contribution in [3.8, 4) is 0 Å². The number of carbonyl (C=O) groups is 3. The molecule has 4 rings (SSSR count). The van der Waals surface area contributed by atoms with Gasteiger partial charge in [0, 0.05) is 43.0 Å². The molecule has 1 saturated heterocycles. The van der Waals surface area contributed by atoms with E-state index in [0.717, 1.165) is 12.1 Å². The van der Waals surface area contributed by atoms with Crippen LogP contribution in [0.4, 0.5) is 28.9 Å². The maximum Gasteiger partial charge on any atom is 0.416 e. The number of Topliss-reactive ketones (excluding diaryl/α,β-unsaturated/α-hetero) is 1. The highest BCUT2D eigenvalue weighted by atomic mass is 19.4. The fourth-order valence-corrected chi connectivity index (χ4v) is 4.20. The number of carbonyl (C=O) groups excluding carboxylic acids is 3. The van der Waals surface area contributed by atoms with Gasteiger partial charge in [0.25, 0.3) is 5.91 Å². The van der Waals surface area contributed by atoms with Crippen LogP contribution in [-0.2, 0) is 22.3 Å². The normalized spacial score (nSPS) is 19.6. The van der Waals surface area contributed by atoms with Crippen molar-refractivity contribution in [2.45, 2.75) is 25.7 Å². The SMILES string of the molecule is CCN1C(=O)C(O)C(=O)c2cc(N3CCN(Cc4ccc(C(F)(F)F)cc4F)CC3=O)ccc21. The molecule has 0 saturated carbocycles. The first-order chi connectivity index (χ1) is 16.0. The molecule has 7 nitrogen and oxygen atoms in total. The van der Waals surface area contributed by atoms with Crippen LogP contribution in [0.1, 0.15) is 28.4 Å². The van der Waals surface area contributed by atoms with Crippen molar-refractivity contribution in [1.29, 1.82) is 0 Å². The highest BCUT2D eigenvalue weighted by molar-refractivity contribution is 6.24. The molecular formula is C23H21F4N3O4. The molecule has 1 atom stereocenters. The van der Waals surface area contributed by atoms with Crippen LogP contribution >= 0.6 is 0 Å². The maximum atomic E-state index is 14.2. The van der Waals surface area contributed by atoms with E-state index < -0.39 is 35.4 Å². The number of amides is 2. The minimum absolute atomic E-state index is 0.0357. The van der Waals surface area contributed by atoms with Crippen molar-refractivity contribution in [1.82, 2.24) is 4.90 Å². The molecule has 2 amide bonds.